The molecular formula is C20H19NO4. The number of rotatable bonds is 4. The van der Waals surface area contributed by atoms with Crippen LogP contribution >= 0.6 is 0 Å². The molecule has 0 spiro atoms. The van der Waals surface area contributed by atoms with Crippen LogP contribution in [0.3, 0.4) is 0 Å². The summed E-state index contributed by atoms with van der Waals surface area (Å²) in [6.45, 7) is 4.04. The Balaban J connectivity index is 1.73. The largest absolute Gasteiger partial charge is 0.465 e. The molecular weight excluding hydrogens is 318 g/mol. The minimum atomic E-state index is -0.409. The van der Waals surface area contributed by atoms with Crippen LogP contribution in [-0.4, -0.2) is 19.0 Å². The van der Waals surface area contributed by atoms with Crippen molar-refractivity contribution in [2.24, 2.45) is 0 Å². The standard InChI is InChI=1S/C20H19NO4/c1-12-4-9-17-15(11-25-19(17)13(12)2)10-18(22)21-16-7-5-14(6-8-16)20(23)24-3/h4-9,11H,10H2,1-3H3,(H,21,22). The summed E-state index contributed by atoms with van der Waals surface area (Å²) >= 11 is 0. The van der Waals surface area contributed by atoms with Gasteiger partial charge in [-0.1, -0.05) is 12.1 Å². The molecule has 5 nitrogen and oxygen atoms in total. The van der Waals surface area contributed by atoms with Crippen molar-refractivity contribution in [3.8, 4) is 0 Å². The van der Waals surface area contributed by atoms with Crippen LogP contribution in [-0.2, 0) is 16.0 Å². The number of nitrogens with one attached hydrogen (secondary N) is 1. The van der Waals surface area contributed by atoms with Crippen molar-refractivity contribution in [2.75, 3.05) is 12.4 Å². The third-order valence-corrected chi connectivity index (χ3v) is 4.28. The molecule has 0 aliphatic carbocycles. The molecule has 1 heterocycles. The van der Waals surface area contributed by atoms with Gasteiger partial charge in [-0.2, -0.15) is 0 Å². The summed E-state index contributed by atoms with van der Waals surface area (Å²) in [5.74, 6) is -0.555. The van der Waals surface area contributed by atoms with E-state index in [4.69, 9.17) is 4.42 Å². The first-order valence-electron chi connectivity index (χ1n) is 7.94. The summed E-state index contributed by atoms with van der Waals surface area (Å²) in [4.78, 5) is 23.7. The van der Waals surface area contributed by atoms with Crippen molar-refractivity contribution in [2.45, 2.75) is 20.3 Å². The van der Waals surface area contributed by atoms with Gasteiger partial charge in [0.15, 0.2) is 0 Å². The van der Waals surface area contributed by atoms with Gasteiger partial charge in [0.2, 0.25) is 5.91 Å². The van der Waals surface area contributed by atoms with Gasteiger partial charge in [0.05, 0.1) is 25.4 Å². The molecule has 3 aromatic rings. The van der Waals surface area contributed by atoms with Crippen LogP contribution in [0.5, 0.6) is 0 Å². The van der Waals surface area contributed by atoms with Gasteiger partial charge in [-0.3, -0.25) is 4.79 Å². The molecule has 0 atom stereocenters. The van der Waals surface area contributed by atoms with Crippen LogP contribution in [0.1, 0.15) is 27.0 Å². The highest BCUT2D eigenvalue weighted by Gasteiger charge is 2.13. The van der Waals surface area contributed by atoms with Crippen molar-refractivity contribution in [3.05, 3.63) is 64.9 Å². The molecule has 0 fully saturated rings. The van der Waals surface area contributed by atoms with Crippen LogP contribution in [0.4, 0.5) is 5.69 Å². The summed E-state index contributed by atoms with van der Waals surface area (Å²) in [6.07, 6.45) is 1.85. The van der Waals surface area contributed by atoms with Crippen LogP contribution < -0.4 is 5.32 Å². The van der Waals surface area contributed by atoms with Crippen molar-refractivity contribution in [1.82, 2.24) is 0 Å². The Morgan fingerprint density at radius 3 is 2.48 bits per heavy atom. The second-order valence-corrected chi connectivity index (χ2v) is 5.94. The van der Waals surface area contributed by atoms with E-state index >= 15 is 0 Å². The Bertz CT molecular complexity index is 938. The van der Waals surface area contributed by atoms with Crippen molar-refractivity contribution >= 4 is 28.5 Å². The maximum atomic E-state index is 12.3. The number of esters is 1. The summed E-state index contributed by atoms with van der Waals surface area (Å²) in [7, 11) is 1.33. The van der Waals surface area contributed by atoms with Crippen molar-refractivity contribution in [1.29, 1.82) is 0 Å². The van der Waals surface area contributed by atoms with E-state index in [1.807, 2.05) is 26.0 Å². The molecule has 3 rings (SSSR count). The van der Waals surface area contributed by atoms with Gasteiger partial charge in [-0.25, -0.2) is 4.79 Å². The SMILES string of the molecule is COC(=O)c1ccc(NC(=O)Cc2coc3c(C)c(C)ccc23)cc1. The first kappa shape index (κ1) is 16.8. The van der Waals surface area contributed by atoms with Crippen LogP contribution in [0.15, 0.2) is 47.1 Å². The topological polar surface area (TPSA) is 68.5 Å². The zero-order valence-electron chi connectivity index (χ0n) is 14.4. The Kier molecular flexibility index (Phi) is 4.57. The van der Waals surface area contributed by atoms with Gasteiger partial charge in [-0.05, 0) is 49.2 Å². The molecule has 1 aromatic heterocycles. The van der Waals surface area contributed by atoms with Gasteiger partial charge in [-0.15, -0.1) is 0 Å². The quantitative estimate of drug-likeness (QED) is 0.730. The number of hydrogen-bond acceptors (Lipinski definition) is 4. The fourth-order valence-corrected chi connectivity index (χ4v) is 2.71. The van der Waals surface area contributed by atoms with Crippen LogP contribution in [0, 0.1) is 13.8 Å². The third kappa shape index (κ3) is 3.40. The third-order valence-electron chi connectivity index (χ3n) is 4.28. The molecule has 128 valence electrons. The minimum absolute atomic E-state index is 0.147. The molecule has 25 heavy (non-hydrogen) atoms. The summed E-state index contributed by atoms with van der Waals surface area (Å²) < 4.78 is 10.3. The molecule has 5 heteroatoms. The molecule has 2 aromatic carbocycles. The van der Waals surface area contributed by atoms with Gasteiger partial charge < -0.3 is 14.5 Å². The van der Waals surface area contributed by atoms with E-state index in [2.05, 4.69) is 10.1 Å². The molecule has 0 saturated heterocycles. The smallest absolute Gasteiger partial charge is 0.337 e. The Morgan fingerprint density at radius 1 is 1.08 bits per heavy atom. The summed E-state index contributed by atoms with van der Waals surface area (Å²) in [6, 6.07) is 10.6. The Hall–Kier alpha value is -3.08. The Morgan fingerprint density at radius 2 is 1.80 bits per heavy atom. The average Bonchev–Trinajstić information content (AvgIpc) is 3.01. The molecule has 0 saturated carbocycles. The van der Waals surface area contributed by atoms with E-state index in [1.165, 1.54) is 7.11 Å². The maximum Gasteiger partial charge on any atom is 0.337 e. The molecule has 0 unspecified atom stereocenters. The predicted octanol–water partition coefficient (Wildman–Crippen LogP) is 4.02. The molecule has 1 N–H and O–H groups in total. The predicted molar refractivity (Wildman–Crippen MR) is 95.8 cm³/mol. The number of hydrogen-bond donors (Lipinski definition) is 1. The average molecular weight is 337 g/mol. The van der Waals surface area contributed by atoms with E-state index < -0.39 is 5.97 Å². The fraction of sp³-hybridized carbons (Fsp3) is 0.200. The molecule has 0 radical (unpaired) electrons. The number of methoxy groups -OCH3 is 1. The highest BCUT2D eigenvalue weighted by atomic mass is 16.5. The monoisotopic (exact) mass is 337 g/mol. The highest BCUT2D eigenvalue weighted by Crippen LogP contribution is 2.27. The lowest BCUT2D eigenvalue weighted by Gasteiger charge is -2.06. The second-order valence-electron chi connectivity index (χ2n) is 5.94. The number of anilines is 1. The van der Waals surface area contributed by atoms with Gasteiger partial charge >= 0.3 is 5.97 Å². The van der Waals surface area contributed by atoms with Crippen LogP contribution in [0.25, 0.3) is 11.0 Å². The van der Waals surface area contributed by atoms with E-state index in [0.29, 0.717) is 11.3 Å². The van der Waals surface area contributed by atoms with E-state index in [0.717, 1.165) is 27.7 Å². The lowest BCUT2D eigenvalue weighted by atomic mass is 10.0. The lowest BCUT2D eigenvalue weighted by molar-refractivity contribution is -0.115. The van der Waals surface area contributed by atoms with Gasteiger partial charge in [0, 0.05) is 16.6 Å². The molecule has 1 amide bonds. The Labute approximate surface area is 145 Å². The number of fused-ring (bicyclic) bond motifs is 1. The van der Waals surface area contributed by atoms with E-state index in [9.17, 15) is 9.59 Å². The first-order valence-corrected chi connectivity index (χ1v) is 7.94. The summed E-state index contributed by atoms with van der Waals surface area (Å²) in [5.41, 5.74) is 4.97. The molecule has 0 aliphatic rings. The van der Waals surface area contributed by atoms with Crippen molar-refractivity contribution in [3.63, 3.8) is 0 Å². The summed E-state index contributed by atoms with van der Waals surface area (Å²) in [5, 5.41) is 3.78. The zero-order valence-corrected chi connectivity index (χ0v) is 14.4. The molecule has 0 bridgehead atoms. The zero-order chi connectivity index (χ0) is 18.0. The number of ether oxygens (including phenoxy) is 1. The maximum absolute atomic E-state index is 12.3. The molecule has 0 aliphatic heterocycles. The van der Waals surface area contributed by atoms with E-state index in [1.54, 1.807) is 30.5 Å². The number of aryl methyl sites for hydroxylation is 2. The second kappa shape index (κ2) is 6.81. The van der Waals surface area contributed by atoms with Crippen LogP contribution in [0.2, 0.25) is 0 Å². The minimum Gasteiger partial charge on any atom is -0.465 e. The lowest BCUT2D eigenvalue weighted by Crippen LogP contribution is -2.14. The fourth-order valence-electron chi connectivity index (χ4n) is 2.71. The number of furan rings is 1. The normalized spacial score (nSPS) is 10.7. The number of carbonyl (C=O) groups is 2. The van der Waals surface area contributed by atoms with Gasteiger partial charge in [0.25, 0.3) is 0 Å². The van der Waals surface area contributed by atoms with E-state index in [-0.39, 0.29) is 12.3 Å². The number of amides is 1. The van der Waals surface area contributed by atoms with Gasteiger partial charge in [0.1, 0.15) is 5.58 Å². The number of carbonyl (C=O) groups excluding carboxylic acids is 2. The number of benzene rings is 2. The van der Waals surface area contributed by atoms with Crippen molar-refractivity contribution < 1.29 is 18.7 Å². The highest BCUT2D eigenvalue weighted by molar-refractivity contribution is 5.96. The first-order chi connectivity index (χ1) is 12.0.